The quantitative estimate of drug-likeness (QED) is 0.352. The van der Waals surface area contributed by atoms with Gasteiger partial charge in [-0.15, -0.1) is 11.5 Å². The van der Waals surface area contributed by atoms with Gasteiger partial charge in [0.25, 0.3) is 0 Å². The van der Waals surface area contributed by atoms with E-state index >= 15 is 0 Å². The van der Waals surface area contributed by atoms with E-state index in [9.17, 15) is 0 Å². The molecule has 0 atom stereocenters. The van der Waals surface area contributed by atoms with E-state index < -0.39 is 8.07 Å². The lowest BCUT2D eigenvalue weighted by molar-refractivity contribution is 0.306. The fraction of sp³-hybridized carbons (Fsp3) is 0.423. The van der Waals surface area contributed by atoms with E-state index in [1.807, 2.05) is 35.0 Å². The zero-order chi connectivity index (χ0) is 21.0. The Bertz CT molecular complexity index is 1030. The first-order chi connectivity index (χ1) is 14.5. The van der Waals surface area contributed by atoms with Crippen LogP contribution in [0, 0.1) is 17.4 Å². The van der Waals surface area contributed by atoms with Crippen molar-refractivity contribution >= 4 is 13.6 Å². The number of benzene rings is 1. The first-order valence-electron chi connectivity index (χ1n) is 11.1. The van der Waals surface area contributed by atoms with E-state index in [-0.39, 0.29) is 0 Å². The molecule has 1 aliphatic rings. The summed E-state index contributed by atoms with van der Waals surface area (Å²) in [5, 5.41) is 4.59. The number of rotatable bonds is 5. The molecule has 3 aromatic rings. The Morgan fingerprint density at radius 3 is 2.57 bits per heavy atom. The lowest BCUT2D eigenvalue weighted by Gasteiger charge is -2.27. The number of nitrogens with zero attached hydrogens (tertiary/aromatic N) is 2. The number of pyridine rings is 1. The lowest BCUT2D eigenvalue weighted by atomic mass is 9.78. The molecule has 0 saturated heterocycles. The molecule has 4 heteroatoms. The molecule has 0 aliphatic heterocycles. The van der Waals surface area contributed by atoms with Crippen molar-refractivity contribution in [2.75, 3.05) is 0 Å². The largest absolute Gasteiger partial charge is 0.489 e. The van der Waals surface area contributed by atoms with Crippen molar-refractivity contribution in [1.29, 1.82) is 0 Å². The highest BCUT2D eigenvalue weighted by Crippen LogP contribution is 2.38. The number of aromatic nitrogens is 2. The normalized spacial score (nSPS) is 19.3. The first kappa shape index (κ1) is 20.7. The zero-order valence-corrected chi connectivity index (χ0v) is 19.4. The van der Waals surface area contributed by atoms with Gasteiger partial charge in [-0.1, -0.05) is 50.0 Å². The van der Waals surface area contributed by atoms with Crippen LogP contribution in [-0.2, 0) is 6.61 Å². The summed E-state index contributed by atoms with van der Waals surface area (Å²) < 4.78 is 8.03. The van der Waals surface area contributed by atoms with E-state index in [0.717, 1.165) is 18.1 Å². The van der Waals surface area contributed by atoms with Gasteiger partial charge in [-0.25, -0.2) is 4.52 Å². The molecular formula is C26H32N2OSi. The van der Waals surface area contributed by atoms with Gasteiger partial charge in [-0.2, -0.15) is 5.10 Å². The van der Waals surface area contributed by atoms with E-state index in [1.54, 1.807) is 0 Å². The van der Waals surface area contributed by atoms with E-state index in [4.69, 9.17) is 4.74 Å². The van der Waals surface area contributed by atoms with Crippen molar-refractivity contribution in [2.24, 2.45) is 5.92 Å². The number of fused-ring (bicyclic) bond motifs is 1. The van der Waals surface area contributed by atoms with Crippen LogP contribution in [0.3, 0.4) is 0 Å². The Labute approximate surface area is 181 Å². The molecule has 0 spiro atoms. The van der Waals surface area contributed by atoms with Gasteiger partial charge in [0.1, 0.15) is 20.4 Å². The van der Waals surface area contributed by atoms with Crippen molar-refractivity contribution in [1.82, 2.24) is 9.61 Å². The van der Waals surface area contributed by atoms with Crippen LogP contribution in [0.1, 0.15) is 49.1 Å². The third-order valence-electron chi connectivity index (χ3n) is 5.91. The Morgan fingerprint density at radius 2 is 1.83 bits per heavy atom. The molecule has 30 heavy (non-hydrogen) atoms. The van der Waals surface area contributed by atoms with Crippen LogP contribution in [-0.4, -0.2) is 17.7 Å². The molecule has 3 nitrogen and oxygen atoms in total. The van der Waals surface area contributed by atoms with Crippen molar-refractivity contribution < 1.29 is 4.74 Å². The van der Waals surface area contributed by atoms with Crippen LogP contribution < -0.4 is 4.74 Å². The van der Waals surface area contributed by atoms with Gasteiger partial charge in [-0.3, -0.25) is 0 Å². The minimum Gasteiger partial charge on any atom is -0.489 e. The van der Waals surface area contributed by atoms with E-state index in [1.165, 1.54) is 42.3 Å². The van der Waals surface area contributed by atoms with Gasteiger partial charge in [-0.05, 0) is 49.1 Å². The second-order valence-electron chi connectivity index (χ2n) is 9.54. The van der Waals surface area contributed by atoms with Crippen LogP contribution in [0.15, 0.2) is 54.9 Å². The van der Waals surface area contributed by atoms with Gasteiger partial charge in [0.15, 0.2) is 0 Å². The molecular weight excluding hydrogens is 384 g/mol. The zero-order valence-electron chi connectivity index (χ0n) is 18.4. The highest BCUT2D eigenvalue weighted by Gasteiger charge is 2.24. The maximum Gasteiger partial charge on any atom is 0.129 e. The van der Waals surface area contributed by atoms with Gasteiger partial charge in [0, 0.05) is 24.2 Å². The molecule has 2 aromatic heterocycles. The van der Waals surface area contributed by atoms with Crippen molar-refractivity contribution in [3.8, 4) is 17.2 Å². The van der Waals surface area contributed by atoms with E-state index in [2.05, 4.69) is 60.6 Å². The Balaban J connectivity index is 1.40. The van der Waals surface area contributed by atoms with Crippen LogP contribution >= 0.6 is 0 Å². The average Bonchev–Trinajstić information content (AvgIpc) is 3.16. The van der Waals surface area contributed by atoms with Gasteiger partial charge in [0.05, 0.1) is 11.7 Å². The summed E-state index contributed by atoms with van der Waals surface area (Å²) in [4.78, 5) is 0. The van der Waals surface area contributed by atoms with Crippen molar-refractivity contribution in [2.45, 2.75) is 64.3 Å². The van der Waals surface area contributed by atoms with Gasteiger partial charge in [0.2, 0.25) is 0 Å². The maximum atomic E-state index is 6.05. The predicted molar refractivity (Wildman–Crippen MR) is 126 cm³/mol. The monoisotopic (exact) mass is 416 g/mol. The second kappa shape index (κ2) is 9.10. The Kier molecular flexibility index (Phi) is 6.29. The Morgan fingerprint density at radius 1 is 1.07 bits per heavy atom. The number of hydrogen-bond acceptors (Lipinski definition) is 2. The standard InChI is InChI=1S/C26H32N2OSi/c1-30(2,3)17-7-10-21-11-13-23(14-12-21)25-19-27-28-16-15-24(18-26(25)28)29-20-22-8-5-4-6-9-22/h4-6,8-9,15-16,18-19,21,23H,10-14,20H2,1-3H3. The topological polar surface area (TPSA) is 26.5 Å². The molecule has 2 heterocycles. The Hall–Kier alpha value is -2.51. The summed E-state index contributed by atoms with van der Waals surface area (Å²) in [6.45, 7) is 7.55. The van der Waals surface area contributed by atoms with E-state index in [0.29, 0.717) is 12.5 Å². The average molecular weight is 417 g/mol. The first-order valence-corrected chi connectivity index (χ1v) is 14.6. The van der Waals surface area contributed by atoms with Crippen LogP contribution in [0.5, 0.6) is 5.75 Å². The molecule has 1 saturated carbocycles. The highest BCUT2D eigenvalue weighted by molar-refractivity contribution is 6.83. The summed E-state index contributed by atoms with van der Waals surface area (Å²) in [6.07, 6.45) is 10.1. The molecule has 1 aromatic carbocycles. The number of ether oxygens (including phenoxy) is 1. The molecule has 156 valence electrons. The molecule has 0 amide bonds. The molecule has 0 N–H and O–H groups in total. The molecule has 0 unspecified atom stereocenters. The third kappa shape index (κ3) is 5.34. The molecule has 1 aliphatic carbocycles. The molecule has 0 bridgehead atoms. The van der Waals surface area contributed by atoms with Crippen LogP contribution in [0.4, 0.5) is 0 Å². The summed E-state index contributed by atoms with van der Waals surface area (Å²) in [6, 6.07) is 14.5. The minimum atomic E-state index is -1.25. The molecule has 0 radical (unpaired) electrons. The maximum absolute atomic E-state index is 6.05. The smallest absolute Gasteiger partial charge is 0.129 e. The second-order valence-corrected chi connectivity index (χ2v) is 14.3. The highest BCUT2D eigenvalue weighted by atomic mass is 28.3. The van der Waals surface area contributed by atoms with Crippen LogP contribution in [0.2, 0.25) is 19.6 Å². The van der Waals surface area contributed by atoms with Gasteiger partial charge >= 0.3 is 0 Å². The van der Waals surface area contributed by atoms with Crippen LogP contribution in [0.25, 0.3) is 5.52 Å². The SMILES string of the molecule is C[Si](C)(C)C#CCC1CCC(c2cnn3ccc(OCc4ccccc4)cc23)CC1. The minimum absolute atomic E-state index is 0.587. The summed E-state index contributed by atoms with van der Waals surface area (Å²) in [5.74, 6) is 5.75. The predicted octanol–water partition coefficient (Wildman–Crippen LogP) is 6.46. The number of hydrogen-bond donors (Lipinski definition) is 0. The molecule has 1 fully saturated rings. The fourth-order valence-corrected chi connectivity index (χ4v) is 4.90. The third-order valence-corrected chi connectivity index (χ3v) is 6.84. The summed E-state index contributed by atoms with van der Waals surface area (Å²) in [5.41, 5.74) is 7.26. The van der Waals surface area contributed by atoms with Crippen molar-refractivity contribution in [3.63, 3.8) is 0 Å². The van der Waals surface area contributed by atoms with Crippen molar-refractivity contribution in [3.05, 3.63) is 66.0 Å². The fourth-order valence-electron chi connectivity index (χ4n) is 4.26. The lowest BCUT2D eigenvalue weighted by Crippen LogP contribution is -2.17. The summed E-state index contributed by atoms with van der Waals surface area (Å²) >= 11 is 0. The van der Waals surface area contributed by atoms with Gasteiger partial charge < -0.3 is 4.74 Å². The molecule has 4 rings (SSSR count). The summed E-state index contributed by atoms with van der Waals surface area (Å²) in [7, 11) is -1.25.